The lowest BCUT2D eigenvalue weighted by atomic mass is 10.0. The van der Waals surface area contributed by atoms with Gasteiger partial charge in [0.05, 0.1) is 26.7 Å². The molecule has 1 aliphatic heterocycles. The Hall–Kier alpha value is -2.63. The van der Waals surface area contributed by atoms with Crippen LogP contribution in [0.1, 0.15) is 22.8 Å². The number of benzene rings is 2. The molecular formula is C22H24F3NO6S. The van der Waals surface area contributed by atoms with Gasteiger partial charge in [-0.2, -0.15) is 17.5 Å². The van der Waals surface area contributed by atoms with Gasteiger partial charge in [-0.05, 0) is 30.2 Å². The standard InChI is InChI=1S/C22H24F3NO6S/c1-15-5-3-4-6-17(15)21(22(23,24)25)32-20(27)14-16-7-8-18(30-2)19(13-16)33(28,29)26-9-11-31-12-10-26/h3-8,13,21H,9-12,14H2,1-2H3/t21-/m1/s1. The van der Waals surface area contributed by atoms with Crippen molar-refractivity contribution in [3.63, 3.8) is 0 Å². The third-order valence-corrected chi connectivity index (χ3v) is 7.10. The summed E-state index contributed by atoms with van der Waals surface area (Å²) in [5.74, 6) is -1.08. The smallest absolute Gasteiger partial charge is 0.429 e. The second-order valence-electron chi connectivity index (χ2n) is 7.45. The van der Waals surface area contributed by atoms with Crippen molar-refractivity contribution in [2.45, 2.75) is 30.5 Å². The Morgan fingerprint density at radius 1 is 1.15 bits per heavy atom. The van der Waals surface area contributed by atoms with Crippen molar-refractivity contribution < 1.29 is 40.6 Å². The third-order valence-electron chi connectivity index (χ3n) is 5.18. The number of methoxy groups -OCH3 is 1. The van der Waals surface area contributed by atoms with Gasteiger partial charge >= 0.3 is 12.1 Å². The number of hydrogen-bond donors (Lipinski definition) is 0. The summed E-state index contributed by atoms with van der Waals surface area (Å²) in [6.45, 7) is 2.29. The van der Waals surface area contributed by atoms with E-state index in [2.05, 4.69) is 0 Å². The molecule has 0 saturated carbocycles. The van der Waals surface area contributed by atoms with E-state index in [1.807, 2.05) is 0 Å². The van der Waals surface area contributed by atoms with Gasteiger partial charge in [-0.15, -0.1) is 0 Å². The molecular weight excluding hydrogens is 463 g/mol. The molecule has 0 amide bonds. The fourth-order valence-corrected chi connectivity index (χ4v) is 5.10. The van der Waals surface area contributed by atoms with E-state index in [9.17, 15) is 26.4 Å². The molecule has 0 bridgehead atoms. The minimum atomic E-state index is -4.81. The van der Waals surface area contributed by atoms with Crippen molar-refractivity contribution in [3.05, 3.63) is 59.2 Å². The molecule has 0 spiro atoms. The number of carbonyl (C=O) groups excluding carboxylic acids is 1. The maximum absolute atomic E-state index is 13.6. The van der Waals surface area contributed by atoms with Crippen LogP contribution in [0.3, 0.4) is 0 Å². The number of carbonyl (C=O) groups is 1. The van der Waals surface area contributed by atoms with Gasteiger partial charge in [0.15, 0.2) is 0 Å². The molecule has 0 aliphatic carbocycles. The first-order chi connectivity index (χ1) is 15.5. The second-order valence-corrected chi connectivity index (χ2v) is 9.35. The zero-order valence-corrected chi connectivity index (χ0v) is 18.9. The topological polar surface area (TPSA) is 82.1 Å². The van der Waals surface area contributed by atoms with E-state index in [-0.39, 0.29) is 48.1 Å². The number of halogens is 3. The summed E-state index contributed by atoms with van der Waals surface area (Å²) in [6, 6.07) is 9.76. The van der Waals surface area contributed by atoms with Crippen molar-refractivity contribution in [1.29, 1.82) is 0 Å². The number of aryl methyl sites for hydroxylation is 1. The van der Waals surface area contributed by atoms with Crippen molar-refractivity contribution in [2.75, 3.05) is 33.4 Å². The molecule has 11 heteroatoms. The molecule has 2 aromatic carbocycles. The molecule has 33 heavy (non-hydrogen) atoms. The monoisotopic (exact) mass is 487 g/mol. The minimum Gasteiger partial charge on any atom is -0.495 e. The van der Waals surface area contributed by atoms with Crippen molar-refractivity contribution in [2.24, 2.45) is 0 Å². The zero-order valence-electron chi connectivity index (χ0n) is 18.1. The number of rotatable bonds is 7. The molecule has 0 aromatic heterocycles. The van der Waals surface area contributed by atoms with E-state index in [4.69, 9.17) is 14.2 Å². The normalized spacial score (nSPS) is 16.3. The molecule has 0 unspecified atom stereocenters. The zero-order chi connectivity index (χ0) is 24.2. The number of esters is 1. The van der Waals surface area contributed by atoms with E-state index in [1.54, 1.807) is 6.07 Å². The highest BCUT2D eigenvalue weighted by Crippen LogP contribution is 2.37. The first-order valence-electron chi connectivity index (χ1n) is 10.1. The van der Waals surface area contributed by atoms with Crippen LogP contribution in [-0.4, -0.2) is 58.3 Å². The number of sulfonamides is 1. The Kier molecular flexibility index (Phi) is 7.65. The highest BCUT2D eigenvalue weighted by atomic mass is 32.2. The average Bonchev–Trinajstić information content (AvgIpc) is 2.78. The van der Waals surface area contributed by atoms with Gasteiger partial charge in [-0.3, -0.25) is 4.79 Å². The summed E-state index contributed by atoms with van der Waals surface area (Å²) < 4.78 is 83.4. The van der Waals surface area contributed by atoms with E-state index < -0.39 is 34.7 Å². The maximum Gasteiger partial charge on any atom is 0.429 e. The second kappa shape index (κ2) is 10.1. The van der Waals surface area contributed by atoms with Crippen LogP contribution in [0.2, 0.25) is 0 Å². The van der Waals surface area contributed by atoms with Crippen LogP contribution in [0, 0.1) is 6.92 Å². The van der Waals surface area contributed by atoms with Gasteiger partial charge in [-0.1, -0.05) is 30.3 Å². The van der Waals surface area contributed by atoms with Crippen molar-refractivity contribution >= 4 is 16.0 Å². The number of hydrogen-bond acceptors (Lipinski definition) is 6. The lowest BCUT2D eigenvalue weighted by Crippen LogP contribution is -2.40. The number of alkyl halides is 3. The summed E-state index contributed by atoms with van der Waals surface area (Å²) in [7, 11) is -2.66. The molecule has 180 valence electrons. The molecule has 7 nitrogen and oxygen atoms in total. The highest BCUT2D eigenvalue weighted by molar-refractivity contribution is 7.89. The predicted octanol–water partition coefficient (Wildman–Crippen LogP) is 3.41. The molecule has 1 saturated heterocycles. The Morgan fingerprint density at radius 2 is 1.82 bits per heavy atom. The average molecular weight is 487 g/mol. The first kappa shape index (κ1) is 25.0. The summed E-state index contributed by atoms with van der Waals surface area (Å²) in [6.07, 6.45) is -7.79. The molecule has 0 N–H and O–H groups in total. The quantitative estimate of drug-likeness (QED) is 0.557. The highest BCUT2D eigenvalue weighted by Gasteiger charge is 2.44. The predicted molar refractivity (Wildman–Crippen MR) is 112 cm³/mol. The van der Waals surface area contributed by atoms with E-state index in [1.165, 1.54) is 54.7 Å². The van der Waals surface area contributed by atoms with Crippen LogP contribution < -0.4 is 4.74 Å². The largest absolute Gasteiger partial charge is 0.495 e. The van der Waals surface area contributed by atoms with Gasteiger partial charge in [0.25, 0.3) is 0 Å². The molecule has 1 atom stereocenters. The molecule has 1 aliphatic rings. The van der Waals surface area contributed by atoms with Gasteiger partial charge in [-0.25, -0.2) is 8.42 Å². The van der Waals surface area contributed by atoms with E-state index in [0.717, 1.165) is 0 Å². The van der Waals surface area contributed by atoms with Gasteiger partial charge < -0.3 is 14.2 Å². The van der Waals surface area contributed by atoms with Crippen LogP contribution in [-0.2, 0) is 30.7 Å². The number of morpholine rings is 1. The van der Waals surface area contributed by atoms with Gasteiger partial charge in [0.2, 0.25) is 16.1 Å². The van der Waals surface area contributed by atoms with Crippen LogP contribution in [0.4, 0.5) is 13.2 Å². The lowest BCUT2D eigenvalue weighted by Gasteiger charge is -2.27. The van der Waals surface area contributed by atoms with Crippen molar-refractivity contribution in [3.8, 4) is 5.75 Å². The number of ether oxygens (including phenoxy) is 3. The molecule has 3 rings (SSSR count). The first-order valence-corrected chi connectivity index (χ1v) is 11.5. The SMILES string of the molecule is COc1ccc(CC(=O)O[C@H](c2ccccc2C)C(F)(F)F)cc1S(=O)(=O)N1CCOCC1. The van der Waals surface area contributed by atoms with Crippen LogP contribution in [0.5, 0.6) is 5.75 Å². The summed E-state index contributed by atoms with van der Waals surface area (Å²) in [5, 5.41) is 0. The fraction of sp³-hybridized carbons (Fsp3) is 0.409. The van der Waals surface area contributed by atoms with Gasteiger partial charge in [0, 0.05) is 18.7 Å². The third kappa shape index (κ3) is 5.84. The fourth-order valence-electron chi connectivity index (χ4n) is 3.49. The molecule has 2 aromatic rings. The lowest BCUT2D eigenvalue weighted by molar-refractivity contribution is -0.223. The van der Waals surface area contributed by atoms with Gasteiger partial charge in [0.1, 0.15) is 10.6 Å². The molecule has 1 fully saturated rings. The molecule has 0 radical (unpaired) electrons. The van der Waals surface area contributed by atoms with E-state index in [0.29, 0.717) is 5.56 Å². The Labute approximate surface area is 190 Å². The summed E-state index contributed by atoms with van der Waals surface area (Å²) in [4.78, 5) is 12.3. The Balaban J connectivity index is 1.85. The maximum atomic E-state index is 13.6. The van der Waals surface area contributed by atoms with Crippen LogP contribution >= 0.6 is 0 Å². The Morgan fingerprint density at radius 3 is 2.42 bits per heavy atom. The van der Waals surface area contributed by atoms with Crippen LogP contribution in [0.25, 0.3) is 0 Å². The Bertz CT molecular complexity index is 1100. The minimum absolute atomic E-state index is 0.0617. The molecule has 1 heterocycles. The van der Waals surface area contributed by atoms with Crippen molar-refractivity contribution in [1.82, 2.24) is 4.31 Å². The number of nitrogens with zero attached hydrogens (tertiary/aromatic N) is 1. The van der Waals surface area contributed by atoms with Crippen LogP contribution in [0.15, 0.2) is 47.4 Å². The van der Waals surface area contributed by atoms with E-state index >= 15 is 0 Å². The summed E-state index contributed by atoms with van der Waals surface area (Å²) >= 11 is 0. The summed E-state index contributed by atoms with van der Waals surface area (Å²) in [5.41, 5.74) is 0.345.